The monoisotopic (exact) mass is 725 g/mol. The van der Waals surface area contributed by atoms with Crippen LogP contribution in [0.4, 0.5) is 0 Å². The van der Waals surface area contributed by atoms with Crippen LogP contribution in [0.1, 0.15) is 49.0 Å². The van der Waals surface area contributed by atoms with Crippen LogP contribution >= 0.6 is 30.8 Å². The number of aryl methyl sites for hydroxylation is 1. The van der Waals surface area contributed by atoms with Crippen molar-refractivity contribution in [1.29, 1.82) is 0 Å². The maximum Gasteiger partial charge on any atom is 0.358 e. The Morgan fingerprint density at radius 3 is 2.37 bits per heavy atom. The van der Waals surface area contributed by atoms with Crippen molar-refractivity contribution in [3.05, 3.63) is 92.1 Å². The van der Waals surface area contributed by atoms with Crippen LogP contribution in [0.5, 0.6) is 5.75 Å². The van der Waals surface area contributed by atoms with Gasteiger partial charge >= 0.3 is 13.6 Å². The quantitative estimate of drug-likeness (QED) is 0.0535. The third kappa shape index (κ3) is 7.45. The fourth-order valence-electron chi connectivity index (χ4n) is 5.58. The molecule has 0 saturated heterocycles. The van der Waals surface area contributed by atoms with Crippen LogP contribution in [0.25, 0.3) is 44.5 Å². The molecule has 0 radical (unpaired) electrons. The number of phenols is 1. The Morgan fingerprint density at radius 2 is 1.71 bits per heavy atom. The van der Waals surface area contributed by atoms with Crippen molar-refractivity contribution in [1.82, 2.24) is 0 Å². The van der Waals surface area contributed by atoms with E-state index in [0.29, 0.717) is 41.5 Å². The lowest BCUT2D eigenvalue weighted by Gasteiger charge is -2.20. The van der Waals surface area contributed by atoms with Crippen LogP contribution in [-0.2, 0) is 20.3 Å². The van der Waals surface area contributed by atoms with Crippen LogP contribution in [0, 0.1) is 5.92 Å². The number of nitrogens with two attached hydrogens (primary N) is 1. The van der Waals surface area contributed by atoms with Gasteiger partial charge in [-0.3, -0.25) is 14.2 Å². The SMILES string of the molecule is CC(C)C(=O)CCc1cc2c(-c3c(Cl)cccc3C(=O)O)c3cc(-c4ccc(P(=O)(O)OCCCCN)cc4)c(=O)cc-3oc2c(Cl)c1O. The third-order valence-corrected chi connectivity index (χ3v) is 10.4. The van der Waals surface area contributed by atoms with E-state index >= 15 is 0 Å². The molecule has 0 fully saturated rings. The molecule has 5 rings (SSSR count). The maximum atomic E-state index is 13.5. The fourth-order valence-corrected chi connectivity index (χ4v) is 7.17. The number of Topliss-reactive ketones (excluding diaryl/α,β-unsaturated/α-hetero) is 1. The molecule has 1 aliphatic heterocycles. The van der Waals surface area contributed by atoms with Gasteiger partial charge in [0.2, 0.25) is 0 Å². The van der Waals surface area contributed by atoms with Crippen molar-refractivity contribution in [2.45, 2.75) is 39.5 Å². The molecule has 49 heavy (non-hydrogen) atoms. The lowest BCUT2D eigenvalue weighted by Crippen LogP contribution is -2.10. The molecule has 1 aliphatic carbocycles. The van der Waals surface area contributed by atoms with Gasteiger partial charge in [0.05, 0.1) is 17.5 Å². The molecular formula is C36H34Cl2NO9P. The number of rotatable bonds is 13. The molecule has 256 valence electrons. The Hall–Kier alpha value is -4.02. The summed E-state index contributed by atoms with van der Waals surface area (Å²) in [4.78, 5) is 49.0. The predicted molar refractivity (Wildman–Crippen MR) is 190 cm³/mol. The highest BCUT2D eigenvalue weighted by atomic mass is 35.5. The number of halogens is 2. The lowest BCUT2D eigenvalue weighted by atomic mass is 9.88. The van der Waals surface area contributed by atoms with E-state index in [2.05, 4.69) is 0 Å². The van der Waals surface area contributed by atoms with Crippen molar-refractivity contribution >= 4 is 58.8 Å². The zero-order valence-corrected chi connectivity index (χ0v) is 29.1. The average Bonchev–Trinajstić information content (AvgIpc) is 3.06. The van der Waals surface area contributed by atoms with Gasteiger partial charge in [-0.15, -0.1) is 0 Å². The second kappa shape index (κ2) is 14.8. The van der Waals surface area contributed by atoms with Crippen LogP contribution in [0.15, 0.2) is 69.9 Å². The van der Waals surface area contributed by atoms with Crippen molar-refractivity contribution in [3.8, 4) is 39.3 Å². The minimum Gasteiger partial charge on any atom is -0.506 e. The predicted octanol–water partition coefficient (Wildman–Crippen LogP) is 7.67. The smallest absolute Gasteiger partial charge is 0.358 e. The van der Waals surface area contributed by atoms with Gasteiger partial charge in [0.15, 0.2) is 11.0 Å². The number of aromatic carboxylic acids is 1. The Kier molecular flexibility index (Phi) is 11.0. The van der Waals surface area contributed by atoms with E-state index in [1.54, 1.807) is 19.9 Å². The van der Waals surface area contributed by atoms with E-state index in [4.69, 9.17) is 37.9 Å². The number of hydrogen-bond acceptors (Lipinski definition) is 8. The molecule has 1 unspecified atom stereocenters. The first kappa shape index (κ1) is 36.3. The van der Waals surface area contributed by atoms with Crippen LogP contribution < -0.4 is 16.5 Å². The van der Waals surface area contributed by atoms with Gasteiger partial charge in [-0.05, 0) is 73.3 Å². The van der Waals surface area contributed by atoms with Gasteiger partial charge in [0.1, 0.15) is 22.3 Å². The summed E-state index contributed by atoms with van der Waals surface area (Å²) in [5.41, 5.74) is 6.49. The van der Waals surface area contributed by atoms with Crippen LogP contribution in [-0.4, -0.2) is 40.0 Å². The van der Waals surface area contributed by atoms with E-state index in [9.17, 15) is 34.1 Å². The summed E-state index contributed by atoms with van der Waals surface area (Å²) in [6, 6.07) is 14.6. The Bertz CT molecular complexity index is 2140. The zero-order valence-electron chi connectivity index (χ0n) is 26.7. The molecule has 0 aromatic heterocycles. The molecule has 13 heteroatoms. The van der Waals surface area contributed by atoms with E-state index in [-0.39, 0.29) is 85.8 Å². The normalized spacial score (nSPS) is 12.9. The first-order valence-corrected chi connectivity index (χ1v) is 17.9. The summed E-state index contributed by atoms with van der Waals surface area (Å²) < 4.78 is 24.2. The summed E-state index contributed by atoms with van der Waals surface area (Å²) in [5, 5.41) is 21.5. The van der Waals surface area contributed by atoms with Gasteiger partial charge in [-0.2, -0.15) is 0 Å². The van der Waals surface area contributed by atoms with E-state index in [1.807, 2.05) is 0 Å². The molecule has 5 N–H and O–H groups in total. The van der Waals surface area contributed by atoms with E-state index in [0.717, 1.165) is 0 Å². The van der Waals surface area contributed by atoms with Gasteiger partial charge < -0.3 is 29.8 Å². The number of hydrogen-bond donors (Lipinski definition) is 4. The molecule has 1 heterocycles. The molecule has 0 amide bonds. The number of unbranched alkanes of at least 4 members (excludes halogenated alkanes) is 1. The summed E-state index contributed by atoms with van der Waals surface area (Å²) in [5.74, 6) is -1.77. The van der Waals surface area contributed by atoms with Gasteiger partial charge in [0.25, 0.3) is 0 Å². The lowest BCUT2D eigenvalue weighted by molar-refractivity contribution is -0.121. The van der Waals surface area contributed by atoms with Gasteiger partial charge in [-0.1, -0.05) is 55.2 Å². The highest BCUT2D eigenvalue weighted by Gasteiger charge is 2.28. The number of fused-ring (bicyclic) bond motifs is 2. The number of phenolic OH excluding ortho intramolecular Hbond substituents is 1. The molecule has 0 spiro atoms. The first-order valence-electron chi connectivity index (χ1n) is 15.5. The van der Waals surface area contributed by atoms with Crippen molar-refractivity contribution in [3.63, 3.8) is 0 Å². The van der Waals surface area contributed by atoms with E-state index < -0.39 is 19.0 Å². The van der Waals surface area contributed by atoms with Crippen molar-refractivity contribution in [2.24, 2.45) is 11.7 Å². The molecular weight excluding hydrogens is 692 g/mol. The van der Waals surface area contributed by atoms with Crippen LogP contribution in [0.3, 0.4) is 0 Å². The minimum absolute atomic E-state index is 0.0153. The molecule has 3 aromatic carbocycles. The number of carboxylic acid groups (broad SMARTS) is 1. The molecule has 1 atom stereocenters. The Balaban J connectivity index is 1.75. The number of ketones is 1. The maximum absolute atomic E-state index is 13.5. The van der Waals surface area contributed by atoms with Crippen LogP contribution in [0.2, 0.25) is 10.0 Å². The highest BCUT2D eigenvalue weighted by molar-refractivity contribution is 7.61. The first-order chi connectivity index (χ1) is 23.2. The molecule has 10 nitrogen and oxygen atoms in total. The third-order valence-electron chi connectivity index (χ3n) is 8.26. The number of carboxylic acids is 1. The second-order valence-electron chi connectivity index (χ2n) is 11.9. The minimum atomic E-state index is -4.13. The summed E-state index contributed by atoms with van der Waals surface area (Å²) in [6.45, 7) is 4.05. The second-order valence-corrected chi connectivity index (χ2v) is 14.5. The molecule has 0 bridgehead atoms. The number of benzene rings is 4. The van der Waals surface area contributed by atoms with Crippen molar-refractivity contribution in [2.75, 3.05) is 13.2 Å². The zero-order chi connectivity index (χ0) is 35.6. The largest absolute Gasteiger partial charge is 0.506 e. The van der Waals surface area contributed by atoms with Gasteiger partial charge in [-0.25, -0.2) is 4.79 Å². The Morgan fingerprint density at radius 1 is 1.00 bits per heavy atom. The highest BCUT2D eigenvalue weighted by Crippen LogP contribution is 2.49. The molecule has 0 saturated carbocycles. The summed E-state index contributed by atoms with van der Waals surface area (Å²) in [7, 11) is -4.13. The fraction of sp³-hybridized carbons (Fsp3) is 0.250. The Labute approximate surface area is 291 Å². The number of carbonyl (C=O) groups excluding carboxylic acids is 1. The topological polar surface area (TPSA) is 177 Å². The van der Waals surface area contributed by atoms with Crippen molar-refractivity contribution < 1.29 is 38.2 Å². The summed E-state index contributed by atoms with van der Waals surface area (Å²) in [6.07, 6.45) is 1.44. The summed E-state index contributed by atoms with van der Waals surface area (Å²) >= 11 is 13.4. The van der Waals surface area contributed by atoms with Gasteiger partial charge in [0, 0.05) is 51.1 Å². The number of aromatic hydroxyl groups is 1. The molecule has 2 aliphatic rings. The standard InChI is InChI=1S/C36H34Cl2NO9P/c1-19(2)28(40)13-10-21-16-26-31(32-23(36(43)44)6-5-7-27(32)37)25-17-24(29(41)18-30(25)48-35(26)33(38)34(21)42)20-8-11-22(12-9-20)49(45,46)47-15-4-3-14-39/h5-9,11-12,16-19,42H,3-4,10,13-15,39H2,1-2H3,(H,43,44)(H,45,46). The number of carbonyl (C=O) groups is 2. The average molecular weight is 727 g/mol. The van der Waals surface area contributed by atoms with E-state index in [1.165, 1.54) is 54.6 Å². The molecule has 3 aromatic rings.